The Labute approximate surface area is 183 Å². The number of hydrogen-bond acceptors (Lipinski definition) is 7. The predicted molar refractivity (Wildman–Crippen MR) is 110 cm³/mol. The highest BCUT2D eigenvalue weighted by atomic mass is 32.2. The van der Waals surface area contributed by atoms with Gasteiger partial charge in [-0.1, -0.05) is 12.1 Å². The Morgan fingerprint density at radius 2 is 1.06 bits per heavy atom. The molecule has 0 fully saturated rings. The molecule has 32 heavy (non-hydrogen) atoms. The van der Waals surface area contributed by atoms with Crippen LogP contribution in [-0.4, -0.2) is 56.9 Å². The third-order valence-electron chi connectivity index (χ3n) is 4.79. The van der Waals surface area contributed by atoms with E-state index in [0.29, 0.717) is 11.1 Å². The number of benzene rings is 2. The number of carbonyl (C=O) groups excluding carboxylic acids is 1. The number of nitrogens with one attached hydrogen (secondary N) is 2. The Morgan fingerprint density at radius 1 is 0.719 bits per heavy atom. The Bertz CT molecular complexity index is 1260. The first-order valence-electron chi connectivity index (χ1n) is 9.08. The number of carbonyl (C=O) groups is 3. The standard InChI is InChI=1S/C19H18N2O9S2/c1-9(18(23)24)20-31(27,28)11-3-5-13-14-6-4-12(8-16(14)17(22)15(13)7-11)32(29,30)21-10(2)19(25)26/h3-10,20-21H,1-2H3,(H,23,24)(H,25,26)/t9-,10-/m0/s1. The van der Waals surface area contributed by atoms with Gasteiger partial charge in [0.05, 0.1) is 9.79 Å². The van der Waals surface area contributed by atoms with Crippen LogP contribution in [0.2, 0.25) is 0 Å². The third kappa shape index (κ3) is 4.27. The highest BCUT2D eigenvalue weighted by molar-refractivity contribution is 7.89. The highest BCUT2D eigenvalue weighted by Gasteiger charge is 2.31. The molecule has 2 aromatic rings. The number of carboxylic acids is 2. The van der Waals surface area contributed by atoms with Gasteiger partial charge in [0, 0.05) is 11.1 Å². The Morgan fingerprint density at radius 3 is 1.38 bits per heavy atom. The van der Waals surface area contributed by atoms with E-state index in [0.717, 1.165) is 26.0 Å². The molecular formula is C19H18N2O9S2. The first-order chi connectivity index (χ1) is 14.7. The number of ketones is 1. The first-order valence-corrected chi connectivity index (χ1v) is 12.0. The van der Waals surface area contributed by atoms with E-state index >= 15 is 0 Å². The third-order valence-corrected chi connectivity index (χ3v) is 7.86. The molecule has 3 rings (SSSR count). The minimum Gasteiger partial charge on any atom is -0.480 e. The van der Waals surface area contributed by atoms with Crippen LogP contribution in [-0.2, 0) is 29.6 Å². The summed E-state index contributed by atoms with van der Waals surface area (Å²) in [7, 11) is -8.47. The van der Waals surface area contributed by atoms with Crippen molar-refractivity contribution in [1.29, 1.82) is 0 Å². The smallest absolute Gasteiger partial charge is 0.321 e. The summed E-state index contributed by atoms with van der Waals surface area (Å²) >= 11 is 0. The predicted octanol–water partition coefficient (Wildman–Crippen LogP) is 0.401. The summed E-state index contributed by atoms with van der Waals surface area (Å²) < 4.78 is 53.8. The molecule has 0 saturated heterocycles. The fourth-order valence-corrected chi connectivity index (χ4v) is 5.52. The van der Waals surface area contributed by atoms with Crippen LogP contribution in [0.4, 0.5) is 0 Å². The van der Waals surface area contributed by atoms with Crippen LogP contribution in [0.5, 0.6) is 0 Å². The molecule has 0 saturated carbocycles. The quantitative estimate of drug-likeness (QED) is 0.353. The van der Waals surface area contributed by atoms with Gasteiger partial charge >= 0.3 is 11.9 Å². The average molecular weight is 482 g/mol. The molecule has 1 aliphatic rings. The maximum absolute atomic E-state index is 12.9. The molecule has 0 bridgehead atoms. The molecule has 4 N–H and O–H groups in total. The SMILES string of the molecule is C[C@H](NS(=O)(=O)c1ccc2c(c1)C(=O)c1cc(S(=O)(=O)N[C@@H](C)C(=O)O)ccc1-2)C(=O)O. The van der Waals surface area contributed by atoms with Crippen LogP contribution in [0.3, 0.4) is 0 Å². The zero-order valence-electron chi connectivity index (χ0n) is 16.7. The van der Waals surface area contributed by atoms with Gasteiger partial charge in [0.15, 0.2) is 5.78 Å². The maximum Gasteiger partial charge on any atom is 0.321 e. The fourth-order valence-electron chi connectivity index (χ4n) is 3.07. The summed E-state index contributed by atoms with van der Waals surface area (Å²) in [5, 5.41) is 17.8. The molecule has 0 aromatic heterocycles. The van der Waals surface area contributed by atoms with E-state index in [1.54, 1.807) is 0 Å². The van der Waals surface area contributed by atoms with Crippen LogP contribution in [0, 0.1) is 0 Å². The molecule has 0 heterocycles. The van der Waals surface area contributed by atoms with Crippen molar-refractivity contribution in [2.45, 2.75) is 35.7 Å². The van der Waals surface area contributed by atoms with Crippen molar-refractivity contribution in [1.82, 2.24) is 9.44 Å². The summed E-state index contributed by atoms with van der Waals surface area (Å²) in [6, 6.07) is 4.55. The van der Waals surface area contributed by atoms with Gasteiger partial charge in [0.2, 0.25) is 20.0 Å². The molecule has 170 valence electrons. The lowest BCUT2D eigenvalue weighted by Crippen LogP contribution is -2.38. The van der Waals surface area contributed by atoms with Crippen LogP contribution >= 0.6 is 0 Å². The van der Waals surface area contributed by atoms with Crippen molar-refractivity contribution < 1.29 is 41.4 Å². The van der Waals surface area contributed by atoms with E-state index in [4.69, 9.17) is 10.2 Å². The molecule has 0 unspecified atom stereocenters. The van der Waals surface area contributed by atoms with Crippen molar-refractivity contribution in [3.63, 3.8) is 0 Å². The van der Waals surface area contributed by atoms with Crippen molar-refractivity contribution in [3.05, 3.63) is 47.5 Å². The molecular weight excluding hydrogens is 464 g/mol. The monoisotopic (exact) mass is 482 g/mol. The minimum atomic E-state index is -4.23. The van der Waals surface area contributed by atoms with Gasteiger partial charge in [-0.2, -0.15) is 9.44 Å². The Balaban J connectivity index is 1.99. The van der Waals surface area contributed by atoms with E-state index in [-0.39, 0.29) is 20.9 Å². The summed E-state index contributed by atoms with van der Waals surface area (Å²) in [6.45, 7) is 2.30. The highest BCUT2D eigenvalue weighted by Crippen LogP contribution is 2.38. The lowest BCUT2D eigenvalue weighted by Gasteiger charge is -2.11. The van der Waals surface area contributed by atoms with E-state index in [9.17, 15) is 31.2 Å². The minimum absolute atomic E-state index is 0.00673. The molecule has 0 aliphatic heterocycles. The second kappa shape index (κ2) is 8.09. The summed E-state index contributed by atoms with van der Waals surface area (Å²) in [6.07, 6.45) is 0. The van der Waals surface area contributed by atoms with E-state index < -0.39 is 49.9 Å². The van der Waals surface area contributed by atoms with Crippen molar-refractivity contribution in [2.75, 3.05) is 0 Å². The van der Waals surface area contributed by atoms with Gasteiger partial charge in [-0.15, -0.1) is 0 Å². The second-order valence-electron chi connectivity index (χ2n) is 7.11. The lowest BCUT2D eigenvalue weighted by molar-refractivity contribution is -0.139. The molecule has 0 spiro atoms. The normalized spacial score (nSPS) is 15.0. The van der Waals surface area contributed by atoms with Gasteiger partial charge < -0.3 is 10.2 Å². The van der Waals surface area contributed by atoms with Gasteiger partial charge in [-0.25, -0.2) is 16.8 Å². The summed E-state index contributed by atoms with van der Waals surface area (Å²) in [4.78, 5) is 34.1. The molecule has 11 nitrogen and oxygen atoms in total. The fraction of sp³-hybridized carbons (Fsp3) is 0.211. The van der Waals surface area contributed by atoms with E-state index in [2.05, 4.69) is 0 Å². The van der Waals surface area contributed by atoms with Crippen LogP contribution in [0.25, 0.3) is 11.1 Å². The van der Waals surface area contributed by atoms with Crippen LogP contribution < -0.4 is 9.44 Å². The molecule has 13 heteroatoms. The molecule has 2 atom stereocenters. The van der Waals surface area contributed by atoms with Gasteiger partial charge in [-0.05, 0) is 49.2 Å². The molecule has 0 radical (unpaired) electrons. The molecule has 0 amide bonds. The van der Waals surface area contributed by atoms with Crippen molar-refractivity contribution in [2.24, 2.45) is 0 Å². The average Bonchev–Trinajstić information content (AvgIpc) is 2.98. The molecule has 2 aromatic carbocycles. The van der Waals surface area contributed by atoms with E-state index in [1.165, 1.54) is 24.3 Å². The van der Waals surface area contributed by atoms with Crippen LogP contribution in [0.1, 0.15) is 29.8 Å². The zero-order chi connectivity index (χ0) is 24.0. The number of aliphatic carboxylic acids is 2. The van der Waals surface area contributed by atoms with Gasteiger partial charge in [-0.3, -0.25) is 14.4 Å². The van der Waals surface area contributed by atoms with Gasteiger partial charge in [0.25, 0.3) is 0 Å². The maximum atomic E-state index is 12.9. The van der Waals surface area contributed by atoms with E-state index in [1.807, 2.05) is 9.44 Å². The number of hydrogen-bond donors (Lipinski definition) is 4. The number of sulfonamides is 2. The lowest BCUT2D eigenvalue weighted by atomic mass is 10.1. The summed E-state index contributed by atoms with van der Waals surface area (Å²) in [5.74, 6) is -3.38. The topological polar surface area (TPSA) is 184 Å². The second-order valence-corrected chi connectivity index (χ2v) is 10.5. The first kappa shape index (κ1) is 23.5. The van der Waals surface area contributed by atoms with Crippen molar-refractivity contribution >= 4 is 37.8 Å². The van der Waals surface area contributed by atoms with Gasteiger partial charge in [0.1, 0.15) is 12.1 Å². The zero-order valence-corrected chi connectivity index (χ0v) is 18.3. The Kier molecular flexibility index (Phi) is 5.95. The molecule has 1 aliphatic carbocycles. The number of carboxylic acid groups (broad SMARTS) is 2. The number of rotatable bonds is 8. The van der Waals surface area contributed by atoms with Crippen molar-refractivity contribution in [3.8, 4) is 11.1 Å². The summed E-state index contributed by atoms with van der Waals surface area (Å²) in [5.41, 5.74) is 0.775. The van der Waals surface area contributed by atoms with Crippen LogP contribution in [0.15, 0.2) is 46.2 Å². The largest absolute Gasteiger partial charge is 0.480 e. The number of fused-ring (bicyclic) bond motifs is 3. The Hall–Kier alpha value is -3.13.